The second-order valence-corrected chi connectivity index (χ2v) is 5.96. The maximum Gasteiger partial charge on any atom is 0.137 e. The zero-order valence-electron chi connectivity index (χ0n) is 12.8. The third-order valence-corrected chi connectivity index (χ3v) is 4.45. The van der Waals surface area contributed by atoms with Gasteiger partial charge in [0.15, 0.2) is 0 Å². The molecule has 1 aliphatic heterocycles. The van der Waals surface area contributed by atoms with Crippen LogP contribution in [0.4, 0.5) is 0 Å². The second-order valence-electron chi connectivity index (χ2n) is 5.96. The first-order valence-electron chi connectivity index (χ1n) is 8.11. The van der Waals surface area contributed by atoms with Gasteiger partial charge >= 0.3 is 0 Å². The van der Waals surface area contributed by atoms with Crippen LogP contribution in [0.1, 0.15) is 44.0 Å². The molecule has 3 heterocycles. The van der Waals surface area contributed by atoms with E-state index in [4.69, 9.17) is 4.42 Å². The van der Waals surface area contributed by atoms with Crippen LogP contribution >= 0.6 is 0 Å². The lowest BCUT2D eigenvalue weighted by molar-refractivity contribution is 0.0842. The van der Waals surface area contributed by atoms with Crippen molar-refractivity contribution >= 4 is 0 Å². The predicted molar refractivity (Wildman–Crippen MR) is 82.1 cm³/mol. The Bertz CT molecular complexity index is 526. The van der Waals surface area contributed by atoms with Crippen LogP contribution in [-0.2, 0) is 6.54 Å². The van der Waals surface area contributed by atoms with Gasteiger partial charge in [-0.05, 0) is 37.9 Å². The molecule has 0 spiro atoms. The topological polar surface area (TPSA) is 67.3 Å². The van der Waals surface area contributed by atoms with Crippen LogP contribution in [0.15, 0.2) is 35.5 Å². The van der Waals surface area contributed by atoms with Gasteiger partial charge in [-0.25, -0.2) is 4.98 Å². The summed E-state index contributed by atoms with van der Waals surface area (Å²) in [7, 11) is 0. The summed E-state index contributed by atoms with van der Waals surface area (Å²) in [6, 6.07) is 4.07. The summed E-state index contributed by atoms with van der Waals surface area (Å²) in [6.07, 6.45) is 10.0. The van der Waals surface area contributed by atoms with Gasteiger partial charge in [-0.1, -0.05) is 12.8 Å². The fraction of sp³-hybridized carbons (Fsp3) is 0.625. The summed E-state index contributed by atoms with van der Waals surface area (Å²) in [5, 5.41) is 14.5. The molecule has 0 aliphatic carbocycles. The van der Waals surface area contributed by atoms with Gasteiger partial charge in [0.05, 0.1) is 12.8 Å². The highest BCUT2D eigenvalue weighted by Gasteiger charge is 2.25. The lowest BCUT2D eigenvalue weighted by Gasteiger charge is -2.31. The Kier molecular flexibility index (Phi) is 5.24. The zero-order valence-corrected chi connectivity index (χ0v) is 12.8. The first-order valence-corrected chi connectivity index (χ1v) is 8.11. The summed E-state index contributed by atoms with van der Waals surface area (Å²) < 4.78 is 7.20. The summed E-state index contributed by atoms with van der Waals surface area (Å²) >= 11 is 0. The fourth-order valence-electron chi connectivity index (χ4n) is 3.23. The van der Waals surface area contributed by atoms with Gasteiger partial charge in [0, 0.05) is 12.6 Å². The van der Waals surface area contributed by atoms with Gasteiger partial charge in [-0.2, -0.15) is 5.10 Å². The second kappa shape index (κ2) is 7.56. The quantitative estimate of drug-likeness (QED) is 0.886. The van der Waals surface area contributed by atoms with Crippen molar-refractivity contribution in [2.24, 2.45) is 0 Å². The molecule has 2 aromatic heterocycles. The molecular weight excluding hydrogens is 280 g/mol. The molecule has 0 saturated carbocycles. The molecule has 1 saturated heterocycles. The maximum atomic E-state index is 10.4. The van der Waals surface area contributed by atoms with Gasteiger partial charge in [0.1, 0.15) is 24.5 Å². The normalized spacial score (nSPS) is 21.6. The van der Waals surface area contributed by atoms with E-state index >= 15 is 0 Å². The maximum absolute atomic E-state index is 10.4. The minimum absolute atomic E-state index is 0.395. The minimum Gasteiger partial charge on any atom is -0.467 e. The minimum atomic E-state index is -0.521. The van der Waals surface area contributed by atoms with Crippen molar-refractivity contribution in [3.05, 3.63) is 36.8 Å². The number of hydrogen-bond donors (Lipinski definition) is 1. The molecule has 0 amide bonds. The first-order chi connectivity index (χ1) is 10.8. The average Bonchev–Trinajstić information content (AvgIpc) is 3.18. The lowest BCUT2D eigenvalue weighted by atomic mass is 10.0. The van der Waals surface area contributed by atoms with Crippen molar-refractivity contribution < 1.29 is 9.52 Å². The smallest absolute Gasteiger partial charge is 0.137 e. The SMILES string of the molecule is OC(CC1CCCCCN1CCn1cncn1)c1ccco1. The highest BCUT2D eigenvalue weighted by atomic mass is 16.4. The number of furan rings is 1. The van der Waals surface area contributed by atoms with E-state index in [0.717, 1.165) is 32.5 Å². The number of likely N-dealkylation sites (tertiary alicyclic amines) is 1. The van der Waals surface area contributed by atoms with Crippen LogP contribution in [0, 0.1) is 0 Å². The van der Waals surface area contributed by atoms with Crippen molar-refractivity contribution in [3.8, 4) is 0 Å². The Morgan fingerprint density at radius 1 is 1.32 bits per heavy atom. The van der Waals surface area contributed by atoms with Gasteiger partial charge < -0.3 is 9.52 Å². The van der Waals surface area contributed by atoms with Gasteiger partial charge in [0.2, 0.25) is 0 Å². The van der Waals surface area contributed by atoms with Crippen LogP contribution in [0.2, 0.25) is 0 Å². The Hall–Kier alpha value is -1.66. The third-order valence-electron chi connectivity index (χ3n) is 4.45. The Morgan fingerprint density at radius 2 is 2.27 bits per heavy atom. The molecule has 1 fully saturated rings. The summed E-state index contributed by atoms with van der Waals surface area (Å²) in [4.78, 5) is 6.47. The molecule has 22 heavy (non-hydrogen) atoms. The monoisotopic (exact) mass is 304 g/mol. The number of aliphatic hydroxyl groups excluding tert-OH is 1. The molecule has 6 heteroatoms. The van der Waals surface area contributed by atoms with E-state index in [2.05, 4.69) is 15.0 Å². The number of aromatic nitrogens is 3. The molecule has 1 N–H and O–H groups in total. The van der Waals surface area contributed by atoms with Gasteiger partial charge in [-0.3, -0.25) is 9.58 Å². The molecule has 2 unspecified atom stereocenters. The van der Waals surface area contributed by atoms with E-state index in [0.29, 0.717) is 11.8 Å². The largest absolute Gasteiger partial charge is 0.467 e. The number of aliphatic hydroxyl groups is 1. The Morgan fingerprint density at radius 3 is 3.05 bits per heavy atom. The van der Waals surface area contributed by atoms with Crippen molar-refractivity contribution in [2.75, 3.05) is 13.1 Å². The van der Waals surface area contributed by atoms with E-state index in [9.17, 15) is 5.11 Å². The molecule has 6 nitrogen and oxygen atoms in total. The van der Waals surface area contributed by atoms with Crippen LogP contribution < -0.4 is 0 Å². The van der Waals surface area contributed by atoms with Gasteiger partial charge in [0.25, 0.3) is 0 Å². The third kappa shape index (κ3) is 3.96. The van der Waals surface area contributed by atoms with E-state index < -0.39 is 6.10 Å². The predicted octanol–water partition coefficient (Wildman–Crippen LogP) is 2.24. The highest BCUT2D eigenvalue weighted by Crippen LogP contribution is 2.26. The summed E-state index contributed by atoms with van der Waals surface area (Å²) in [5.41, 5.74) is 0. The van der Waals surface area contributed by atoms with Crippen molar-refractivity contribution in [1.82, 2.24) is 19.7 Å². The van der Waals surface area contributed by atoms with Gasteiger partial charge in [-0.15, -0.1) is 0 Å². The van der Waals surface area contributed by atoms with Crippen LogP contribution in [0.5, 0.6) is 0 Å². The Labute approximate surface area is 130 Å². The standard InChI is InChI=1S/C16H24N4O2/c21-15(16-6-4-10-22-16)11-14-5-2-1-3-7-19(14)8-9-20-13-17-12-18-20/h4,6,10,12-15,21H,1-3,5,7-9,11H2. The van der Waals surface area contributed by atoms with Crippen molar-refractivity contribution in [1.29, 1.82) is 0 Å². The first kappa shape index (κ1) is 15.2. The van der Waals surface area contributed by atoms with Crippen LogP contribution in [0.3, 0.4) is 0 Å². The van der Waals surface area contributed by atoms with E-state index in [1.807, 2.05) is 16.8 Å². The molecule has 0 bridgehead atoms. The fourth-order valence-corrected chi connectivity index (χ4v) is 3.23. The molecule has 1 aliphatic rings. The molecule has 3 rings (SSSR count). The lowest BCUT2D eigenvalue weighted by Crippen LogP contribution is -2.38. The molecule has 0 radical (unpaired) electrons. The van der Waals surface area contributed by atoms with Crippen molar-refractivity contribution in [3.63, 3.8) is 0 Å². The summed E-state index contributed by atoms with van der Waals surface area (Å²) in [6.45, 7) is 2.87. The molecule has 2 aromatic rings. The molecule has 2 atom stereocenters. The van der Waals surface area contributed by atoms with Crippen LogP contribution in [0.25, 0.3) is 0 Å². The van der Waals surface area contributed by atoms with E-state index in [1.165, 1.54) is 19.3 Å². The number of nitrogens with zero attached hydrogens (tertiary/aromatic N) is 4. The number of rotatable bonds is 6. The average molecular weight is 304 g/mol. The molecular formula is C16H24N4O2. The van der Waals surface area contributed by atoms with E-state index in [1.54, 1.807) is 18.9 Å². The van der Waals surface area contributed by atoms with Crippen molar-refractivity contribution in [2.45, 2.75) is 50.8 Å². The number of hydrogen-bond acceptors (Lipinski definition) is 5. The highest BCUT2D eigenvalue weighted by molar-refractivity contribution is 5.02. The molecule has 120 valence electrons. The molecule has 0 aromatic carbocycles. The summed E-state index contributed by atoms with van der Waals surface area (Å²) in [5.74, 6) is 0.667. The van der Waals surface area contributed by atoms with Crippen LogP contribution in [-0.4, -0.2) is 43.9 Å². The zero-order chi connectivity index (χ0) is 15.2. The Balaban J connectivity index is 1.60. The van der Waals surface area contributed by atoms with E-state index in [-0.39, 0.29) is 0 Å².